The summed E-state index contributed by atoms with van der Waals surface area (Å²) in [6.45, 7) is 2.30. The van der Waals surface area contributed by atoms with Crippen LogP contribution in [0.2, 0.25) is 0 Å². The molecular formula is C18H21N3O3. The van der Waals surface area contributed by atoms with E-state index in [1.54, 1.807) is 12.6 Å². The second kappa shape index (κ2) is 8.31. The molecule has 1 N–H and O–H groups in total. The van der Waals surface area contributed by atoms with Gasteiger partial charge in [0, 0.05) is 26.1 Å². The highest BCUT2D eigenvalue weighted by Crippen LogP contribution is 2.11. The summed E-state index contributed by atoms with van der Waals surface area (Å²) >= 11 is 0. The Morgan fingerprint density at radius 1 is 1.25 bits per heavy atom. The van der Waals surface area contributed by atoms with Gasteiger partial charge in [-0.2, -0.15) is 0 Å². The quantitative estimate of drug-likeness (QED) is 0.614. The summed E-state index contributed by atoms with van der Waals surface area (Å²) in [6.07, 6.45) is 4.62. The van der Waals surface area contributed by atoms with Gasteiger partial charge in [0.25, 0.3) is 0 Å². The van der Waals surface area contributed by atoms with E-state index in [0.29, 0.717) is 32.7 Å². The molecule has 0 unspecified atom stereocenters. The Hall–Kier alpha value is -2.60. The number of amides is 1. The van der Waals surface area contributed by atoms with Gasteiger partial charge in [0.2, 0.25) is 5.91 Å². The van der Waals surface area contributed by atoms with Gasteiger partial charge in [-0.25, -0.2) is 4.98 Å². The minimum absolute atomic E-state index is 0.0406. The number of fused-ring (bicyclic) bond motifs is 1. The molecular weight excluding hydrogens is 306 g/mol. The Labute approximate surface area is 140 Å². The third-order valence-corrected chi connectivity index (χ3v) is 3.72. The van der Waals surface area contributed by atoms with Gasteiger partial charge in [-0.15, -0.1) is 0 Å². The summed E-state index contributed by atoms with van der Waals surface area (Å²) < 4.78 is 12.6. The number of aryl methyl sites for hydroxylation is 1. The molecule has 0 fully saturated rings. The van der Waals surface area contributed by atoms with Crippen molar-refractivity contribution in [1.82, 2.24) is 14.9 Å². The number of benzene rings is 1. The van der Waals surface area contributed by atoms with Gasteiger partial charge in [-0.05, 0) is 30.7 Å². The molecule has 0 atom stereocenters. The molecule has 0 spiro atoms. The fraction of sp³-hybridized carbons (Fsp3) is 0.333. The summed E-state index contributed by atoms with van der Waals surface area (Å²) in [6, 6.07) is 11.6. The first-order valence-corrected chi connectivity index (χ1v) is 8.09. The van der Waals surface area contributed by atoms with Crippen LogP contribution in [0.4, 0.5) is 0 Å². The normalized spacial score (nSPS) is 11.0. The van der Waals surface area contributed by atoms with Crippen molar-refractivity contribution in [2.24, 2.45) is 0 Å². The van der Waals surface area contributed by atoms with Crippen molar-refractivity contribution in [3.8, 4) is 0 Å². The zero-order valence-corrected chi connectivity index (χ0v) is 13.5. The lowest BCUT2D eigenvalue weighted by atomic mass is 10.3. The van der Waals surface area contributed by atoms with Crippen LogP contribution in [-0.2, 0) is 22.7 Å². The highest BCUT2D eigenvalue weighted by molar-refractivity contribution is 5.77. The van der Waals surface area contributed by atoms with Gasteiger partial charge in [0.05, 0.1) is 23.6 Å². The van der Waals surface area contributed by atoms with Gasteiger partial charge in [0.15, 0.2) is 0 Å². The molecule has 0 aliphatic heterocycles. The third kappa shape index (κ3) is 4.45. The number of ether oxygens (including phenoxy) is 1. The van der Waals surface area contributed by atoms with Crippen molar-refractivity contribution >= 4 is 16.9 Å². The fourth-order valence-corrected chi connectivity index (χ4v) is 2.47. The van der Waals surface area contributed by atoms with E-state index >= 15 is 0 Å². The molecule has 6 heteroatoms. The molecule has 1 amide bonds. The Morgan fingerprint density at radius 3 is 3.04 bits per heavy atom. The third-order valence-electron chi connectivity index (χ3n) is 3.72. The molecule has 2 heterocycles. The minimum atomic E-state index is 0.0406. The van der Waals surface area contributed by atoms with Crippen LogP contribution in [0, 0.1) is 0 Å². The maximum absolute atomic E-state index is 11.9. The van der Waals surface area contributed by atoms with Crippen molar-refractivity contribution < 1.29 is 13.9 Å². The van der Waals surface area contributed by atoms with Crippen LogP contribution >= 0.6 is 0 Å². The predicted octanol–water partition coefficient (Wildman–Crippen LogP) is 2.74. The van der Waals surface area contributed by atoms with Crippen molar-refractivity contribution in [1.29, 1.82) is 0 Å². The van der Waals surface area contributed by atoms with Gasteiger partial charge in [0.1, 0.15) is 12.4 Å². The molecule has 0 saturated heterocycles. The molecule has 0 saturated carbocycles. The van der Waals surface area contributed by atoms with Crippen LogP contribution in [0.3, 0.4) is 0 Å². The highest BCUT2D eigenvalue weighted by Gasteiger charge is 2.05. The first-order chi connectivity index (χ1) is 11.8. The van der Waals surface area contributed by atoms with Crippen LogP contribution in [0.1, 0.15) is 18.6 Å². The maximum atomic E-state index is 11.9. The molecule has 0 bridgehead atoms. The fourth-order valence-electron chi connectivity index (χ4n) is 2.47. The maximum Gasteiger partial charge on any atom is 0.221 e. The molecule has 3 rings (SSSR count). The van der Waals surface area contributed by atoms with Crippen molar-refractivity contribution in [2.75, 3.05) is 13.2 Å². The Bertz CT molecular complexity index is 765. The minimum Gasteiger partial charge on any atom is -0.467 e. The van der Waals surface area contributed by atoms with Crippen molar-refractivity contribution in [2.45, 2.75) is 26.0 Å². The standard InChI is InChI=1S/C18H21N3O3/c22-18(19-9-4-11-23-13-15-5-3-12-24-15)8-10-21-14-20-16-6-1-2-7-17(16)21/h1-3,5-7,12,14H,4,8-11,13H2,(H,19,22). The second-order valence-electron chi connectivity index (χ2n) is 5.51. The van der Waals surface area contributed by atoms with Crippen molar-refractivity contribution in [3.63, 3.8) is 0 Å². The van der Waals surface area contributed by atoms with Crippen molar-refractivity contribution in [3.05, 3.63) is 54.7 Å². The Kier molecular flexibility index (Phi) is 5.63. The van der Waals surface area contributed by atoms with Gasteiger partial charge >= 0.3 is 0 Å². The van der Waals surface area contributed by atoms with E-state index in [9.17, 15) is 4.79 Å². The van der Waals surface area contributed by atoms with Crippen LogP contribution < -0.4 is 5.32 Å². The number of rotatable bonds is 9. The van der Waals surface area contributed by atoms with E-state index in [1.165, 1.54) is 0 Å². The molecule has 6 nitrogen and oxygen atoms in total. The zero-order valence-electron chi connectivity index (χ0n) is 13.5. The second-order valence-corrected chi connectivity index (χ2v) is 5.51. The lowest BCUT2D eigenvalue weighted by molar-refractivity contribution is -0.121. The lowest BCUT2D eigenvalue weighted by Crippen LogP contribution is -2.26. The number of imidazole rings is 1. The van der Waals surface area contributed by atoms with Gasteiger partial charge in [-0.3, -0.25) is 4.79 Å². The monoisotopic (exact) mass is 327 g/mol. The molecule has 0 radical (unpaired) electrons. The number of aromatic nitrogens is 2. The molecule has 2 aromatic heterocycles. The number of nitrogens with one attached hydrogen (secondary N) is 1. The number of carbonyl (C=O) groups excluding carboxylic acids is 1. The zero-order chi connectivity index (χ0) is 16.6. The summed E-state index contributed by atoms with van der Waals surface area (Å²) in [5.74, 6) is 0.852. The van der Waals surface area contributed by atoms with E-state index < -0.39 is 0 Å². The SMILES string of the molecule is O=C(CCn1cnc2ccccc21)NCCCOCc1ccco1. The van der Waals surface area contributed by atoms with E-state index in [-0.39, 0.29) is 5.91 Å². The first-order valence-electron chi connectivity index (χ1n) is 8.09. The van der Waals surface area contributed by atoms with E-state index in [1.807, 2.05) is 41.0 Å². The summed E-state index contributed by atoms with van der Waals surface area (Å²) in [5, 5.41) is 2.91. The number of para-hydroxylation sites is 2. The number of hydrogen-bond donors (Lipinski definition) is 1. The molecule has 24 heavy (non-hydrogen) atoms. The van der Waals surface area contributed by atoms with E-state index in [0.717, 1.165) is 23.2 Å². The van der Waals surface area contributed by atoms with Crippen LogP contribution in [-0.4, -0.2) is 28.6 Å². The van der Waals surface area contributed by atoms with E-state index in [2.05, 4.69) is 10.3 Å². The van der Waals surface area contributed by atoms with Crippen LogP contribution in [0.15, 0.2) is 53.4 Å². The summed E-state index contributed by atoms with van der Waals surface area (Å²) in [7, 11) is 0. The molecule has 3 aromatic rings. The smallest absolute Gasteiger partial charge is 0.221 e. The predicted molar refractivity (Wildman–Crippen MR) is 90.3 cm³/mol. The van der Waals surface area contributed by atoms with E-state index in [4.69, 9.17) is 9.15 Å². The summed E-state index contributed by atoms with van der Waals surface area (Å²) in [5.41, 5.74) is 2.00. The average Bonchev–Trinajstić information content (AvgIpc) is 3.26. The molecule has 1 aromatic carbocycles. The van der Waals surface area contributed by atoms with Crippen LogP contribution in [0.25, 0.3) is 11.0 Å². The average molecular weight is 327 g/mol. The largest absolute Gasteiger partial charge is 0.467 e. The Balaban J connectivity index is 1.30. The van der Waals surface area contributed by atoms with Gasteiger partial charge in [-0.1, -0.05) is 12.1 Å². The van der Waals surface area contributed by atoms with Gasteiger partial charge < -0.3 is 19.0 Å². The first kappa shape index (κ1) is 16.3. The molecule has 0 aliphatic carbocycles. The topological polar surface area (TPSA) is 69.3 Å². The Morgan fingerprint density at radius 2 is 2.17 bits per heavy atom. The number of carbonyl (C=O) groups is 1. The lowest BCUT2D eigenvalue weighted by Gasteiger charge is -2.07. The number of nitrogens with zero attached hydrogens (tertiary/aromatic N) is 2. The summed E-state index contributed by atoms with van der Waals surface area (Å²) in [4.78, 5) is 16.2. The molecule has 0 aliphatic rings. The van der Waals surface area contributed by atoms with Crippen LogP contribution in [0.5, 0.6) is 0 Å². The number of hydrogen-bond acceptors (Lipinski definition) is 4. The molecule has 126 valence electrons. The number of furan rings is 1. The highest BCUT2D eigenvalue weighted by atomic mass is 16.5.